The van der Waals surface area contributed by atoms with E-state index in [1.807, 2.05) is 19.1 Å². The Bertz CT molecular complexity index is 265. The van der Waals surface area contributed by atoms with Crippen LogP contribution in [0.15, 0.2) is 23.9 Å². The highest BCUT2D eigenvalue weighted by atomic mass is 16.1. The van der Waals surface area contributed by atoms with Crippen LogP contribution in [0.25, 0.3) is 0 Å². The summed E-state index contributed by atoms with van der Waals surface area (Å²) in [6, 6.07) is 0. The van der Waals surface area contributed by atoms with E-state index in [-0.39, 0.29) is 5.91 Å². The molecule has 2 unspecified atom stereocenters. The largest absolute Gasteiger partial charge is 0.327 e. The van der Waals surface area contributed by atoms with Crippen LogP contribution in [0.3, 0.4) is 0 Å². The molecule has 1 aliphatic rings. The molecule has 0 bridgehead atoms. The molecule has 2 nitrogen and oxygen atoms in total. The van der Waals surface area contributed by atoms with Crippen molar-refractivity contribution >= 4 is 5.91 Å². The third-order valence-electron chi connectivity index (χ3n) is 2.84. The van der Waals surface area contributed by atoms with Crippen molar-refractivity contribution in [1.82, 2.24) is 5.32 Å². The molecule has 2 heteroatoms. The second-order valence-corrected chi connectivity index (χ2v) is 4.00. The molecule has 1 saturated carbocycles. The van der Waals surface area contributed by atoms with Crippen molar-refractivity contribution in [2.75, 3.05) is 0 Å². The molecule has 1 aliphatic carbocycles. The molecule has 0 heterocycles. The molecule has 0 aromatic carbocycles. The van der Waals surface area contributed by atoms with Gasteiger partial charge in [0.15, 0.2) is 0 Å². The van der Waals surface area contributed by atoms with Crippen LogP contribution in [0, 0.1) is 11.8 Å². The van der Waals surface area contributed by atoms with Crippen molar-refractivity contribution < 1.29 is 4.79 Å². The summed E-state index contributed by atoms with van der Waals surface area (Å²) in [4.78, 5) is 10.8. The summed E-state index contributed by atoms with van der Waals surface area (Å²) in [7, 11) is 0. The Morgan fingerprint density at radius 2 is 2.14 bits per heavy atom. The topological polar surface area (TPSA) is 29.1 Å². The second kappa shape index (κ2) is 4.99. The normalized spacial score (nSPS) is 27.5. The molecule has 1 rings (SSSR count). The van der Waals surface area contributed by atoms with Gasteiger partial charge in [0.2, 0.25) is 5.91 Å². The van der Waals surface area contributed by atoms with Crippen LogP contribution in [0.1, 0.15) is 33.6 Å². The molecule has 0 aliphatic heterocycles. The van der Waals surface area contributed by atoms with E-state index in [0.29, 0.717) is 5.92 Å². The number of hydrogen-bond donors (Lipinski definition) is 1. The van der Waals surface area contributed by atoms with E-state index in [1.54, 1.807) is 0 Å². The smallest absolute Gasteiger partial charge is 0.221 e. The van der Waals surface area contributed by atoms with E-state index in [2.05, 4.69) is 18.3 Å². The fraction of sp³-hybridized carbons (Fsp3) is 0.583. The van der Waals surface area contributed by atoms with Gasteiger partial charge in [-0.2, -0.15) is 0 Å². The van der Waals surface area contributed by atoms with Gasteiger partial charge in [-0.05, 0) is 37.7 Å². The molecule has 0 saturated heterocycles. The first-order valence-corrected chi connectivity index (χ1v) is 5.25. The molecule has 2 atom stereocenters. The monoisotopic (exact) mass is 193 g/mol. The Morgan fingerprint density at radius 3 is 2.50 bits per heavy atom. The SMILES string of the molecule is C/C=C(\C=C/C1CCC1C)NC(C)=O. The number of rotatable bonds is 3. The van der Waals surface area contributed by atoms with Gasteiger partial charge in [-0.15, -0.1) is 0 Å². The van der Waals surface area contributed by atoms with Gasteiger partial charge in [0, 0.05) is 12.6 Å². The van der Waals surface area contributed by atoms with Crippen LogP contribution < -0.4 is 5.32 Å². The molecule has 1 N–H and O–H groups in total. The summed E-state index contributed by atoms with van der Waals surface area (Å²) in [5.74, 6) is 1.50. The lowest BCUT2D eigenvalue weighted by Crippen LogP contribution is -2.21. The van der Waals surface area contributed by atoms with E-state index >= 15 is 0 Å². The summed E-state index contributed by atoms with van der Waals surface area (Å²) < 4.78 is 0. The van der Waals surface area contributed by atoms with Crippen LogP contribution in [-0.4, -0.2) is 5.91 Å². The maximum Gasteiger partial charge on any atom is 0.221 e. The first-order valence-electron chi connectivity index (χ1n) is 5.25. The third-order valence-corrected chi connectivity index (χ3v) is 2.84. The summed E-state index contributed by atoms with van der Waals surface area (Å²) in [5, 5.41) is 2.78. The highest BCUT2D eigenvalue weighted by Gasteiger charge is 2.23. The van der Waals surface area contributed by atoms with Gasteiger partial charge in [-0.1, -0.05) is 19.1 Å². The van der Waals surface area contributed by atoms with Crippen molar-refractivity contribution in [3.8, 4) is 0 Å². The lowest BCUT2D eigenvalue weighted by molar-refractivity contribution is -0.118. The maximum absolute atomic E-state index is 10.8. The molecule has 0 spiro atoms. The highest BCUT2D eigenvalue weighted by Crippen LogP contribution is 2.34. The molecular weight excluding hydrogens is 174 g/mol. The fourth-order valence-corrected chi connectivity index (χ4v) is 1.62. The van der Waals surface area contributed by atoms with E-state index in [9.17, 15) is 4.79 Å². The zero-order chi connectivity index (χ0) is 10.6. The van der Waals surface area contributed by atoms with Crippen molar-refractivity contribution in [2.45, 2.75) is 33.6 Å². The summed E-state index contributed by atoms with van der Waals surface area (Å²) in [6.07, 6.45) is 8.76. The van der Waals surface area contributed by atoms with Gasteiger partial charge in [-0.25, -0.2) is 0 Å². The minimum Gasteiger partial charge on any atom is -0.327 e. The lowest BCUT2D eigenvalue weighted by Gasteiger charge is -2.31. The molecule has 14 heavy (non-hydrogen) atoms. The van der Waals surface area contributed by atoms with Crippen LogP contribution in [0.4, 0.5) is 0 Å². The molecule has 78 valence electrons. The Morgan fingerprint density at radius 1 is 1.43 bits per heavy atom. The van der Waals surface area contributed by atoms with E-state index < -0.39 is 0 Å². The van der Waals surface area contributed by atoms with Gasteiger partial charge in [-0.3, -0.25) is 4.79 Å². The third kappa shape index (κ3) is 3.02. The van der Waals surface area contributed by atoms with Gasteiger partial charge in [0.05, 0.1) is 0 Å². The standard InChI is InChI=1S/C12H19NO/c1-4-12(13-10(3)14)8-7-11-6-5-9(11)2/h4,7-9,11H,5-6H2,1-3H3,(H,13,14)/b8-7-,12-4+. The molecule has 1 amide bonds. The van der Waals surface area contributed by atoms with E-state index in [1.165, 1.54) is 19.8 Å². The Labute approximate surface area is 86.1 Å². The quantitative estimate of drug-likeness (QED) is 0.686. The average molecular weight is 193 g/mol. The van der Waals surface area contributed by atoms with Gasteiger partial charge >= 0.3 is 0 Å². The van der Waals surface area contributed by atoms with E-state index in [0.717, 1.165) is 11.6 Å². The van der Waals surface area contributed by atoms with Crippen molar-refractivity contribution in [3.63, 3.8) is 0 Å². The average Bonchev–Trinajstić information content (AvgIpc) is 2.13. The van der Waals surface area contributed by atoms with Gasteiger partial charge < -0.3 is 5.32 Å². The molecule has 0 aromatic heterocycles. The predicted molar refractivity (Wildman–Crippen MR) is 58.6 cm³/mol. The number of carbonyl (C=O) groups excluding carboxylic acids is 1. The van der Waals surface area contributed by atoms with Crippen LogP contribution in [0.5, 0.6) is 0 Å². The summed E-state index contributed by atoms with van der Waals surface area (Å²) in [5.41, 5.74) is 0.900. The Hall–Kier alpha value is -1.05. The van der Waals surface area contributed by atoms with Crippen molar-refractivity contribution in [3.05, 3.63) is 23.9 Å². The highest BCUT2D eigenvalue weighted by molar-refractivity contribution is 5.75. The summed E-state index contributed by atoms with van der Waals surface area (Å²) >= 11 is 0. The predicted octanol–water partition coefficient (Wildman–Crippen LogP) is 2.63. The zero-order valence-corrected chi connectivity index (χ0v) is 9.21. The number of amides is 1. The summed E-state index contributed by atoms with van der Waals surface area (Å²) in [6.45, 7) is 5.73. The molecular formula is C12H19NO. The maximum atomic E-state index is 10.8. The first kappa shape index (κ1) is 11.0. The number of allylic oxidation sites excluding steroid dienone is 3. The van der Waals surface area contributed by atoms with E-state index in [4.69, 9.17) is 0 Å². The van der Waals surface area contributed by atoms with Crippen molar-refractivity contribution in [1.29, 1.82) is 0 Å². The number of hydrogen-bond acceptors (Lipinski definition) is 1. The molecule has 0 radical (unpaired) electrons. The minimum atomic E-state index is -0.00981. The Kier molecular flexibility index (Phi) is 3.93. The first-order chi connectivity index (χ1) is 6.63. The van der Waals surface area contributed by atoms with Gasteiger partial charge in [0.1, 0.15) is 0 Å². The van der Waals surface area contributed by atoms with Gasteiger partial charge in [0.25, 0.3) is 0 Å². The molecule has 0 aromatic rings. The minimum absolute atomic E-state index is 0.00981. The Balaban J connectivity index is 2.44. The number of carbonyl (C=O) groups is 1. The molecule has 1 fully saturated rings. The fourth-order valence-electron chi connectivity index (χ4n) is 1.62. The lowest BCUT2D eigenvalue weighted by atomic mass is 9.75. The van der Waals surface area contributed by atoms with Crippen molar-refractivity contribution in [2.24, 2.45) is 11.8 Å². The zero-order valence-electron chi connectivity index (χ0n) is 9.21. The number of nitrogens with one attached hydrogen (secondary N) is 1. The van der Waals surface area contributed by atoms with Crippen LogP contribution >= 0.6 is 0 Å². The second-order valence-electron chi connectivity index (χ2n) is 4.00. The van der Waals surface area contributed by atoms with Crippen LogP contribution in [0.2, 0.25) is 0 Å². The van der Waals surface area contributed by atoms with Crippen LogP contribution in [-0.2, 0) is 4.79 Å².